The number of amides is 1. The van der Waals surface area contributed by atoms with Crippen molar-refractivity contribution < 1.29 is 14.3 Å². The van der Waals surface area contributed by atoms with Crippen molar-refractivity contribution >= 4 is 40.6 Å². The highest BCUT2D eigenvalue weighted by atomic mass is 35.5. The van der Waals surface area contributed by atoms with Crippen LogP contribution in [0.1, 0.15) is 31.0 Å². The van der Waals surface area contributed by atoms with E-state index in [9.17, 15) is 9.59 Å². The number of ether oxygens (including phenoxy) is 2. The van der Waals surface area contributed by atoms with Crippen molar-refractivity contribution in [2.75, 3.05) is 18.5 Å². The molecule has 0 bridgehead atoms. The molecule has 4 aromatic rings. The maximum absolute atomic E-state index is 13.9. The number of thiazole rings is 1. The maximum atomic E-state index is 13.9. The van der Waals surface area contributed by atoms with Crippen molar-refractivity contribution in [2.24, 2.45) is 4.99 Å². The van der Waals surface area contributed by atoms with E-state index < -0.39 is 6.04 Å². The van der Waals surface area contributed by atoms with Gasteiger partial charge in [-0.05, 0) is 67.4 Å². The first-order valence-corrected chi connectivity index (χ1v) is 14.1. The van der Waals surface area contributed by atoms with Gasteiger partial charge in [0, 0.05) is 10.7 Å². The zero-order valence-corrected chi connectivity index (χ0v) is 24.0. The van der Waals surface area contributed by atoms with Gasteiger partial charge in [0.05, 0.1) is 28.5 Å². The lowest BCUT2D eigenvalue weighted by atomic mass is 9.95. The molecule has 1 aliphatic heterocycles. The summed E-state index contributed by atoms with van der Waals surface area (Å²) in [5, 5.41) is 3.50. The molecule has 1 amide bonds. The summed E-state index contributed by atoms with van der Waals surface area (Å²) >= 11 is 7.43. The average molecular weight is 584 g/mol. The monoisotopic (exact) mass is 583 g/mol. The first-order chi connectivity index (χ1) is 19.9. The van der Waals surface area contributed by atoms with Gasteiger partial charge in [-0.1, -0.05) is 65.3 Å². The molecule has 1 N–H and O–H groups in total. The molecule has 7 nitrogen and oxygen atoms in total. The molecule has 9 heteroatoms. The summed E-state index contributed by atoms with van der Waals surface area (Å²) in [6, 6.07) is 21.0. The smallest absolute Gasteiger partial charge is 0.271 e. The van der Waals surface area contributed by atoms with E-state index in [1.165, 1.54) is 11.3 Å². The molecule has 0 saturated heterocycles. The van der Waals surface area contributed by atoms with E-state index in [4.69, 9.17) is 32.5 Å². The Hall–Kier alpha value is -4.58. The molecule has 0 radical (unpaired) electrons. The van der Waals surface area contributed by atoms with E-state index in [1.807, 2.05) is 43.3 Å². The van der Waals surface area contributed by atoms with Gasteiger partial charge in [-0.25, -0.2) is 4.99 Å². The number of terminal acetylenes is 1. The van der Waals surface area contributed by atoms with Crippen molar-refractivity contribution in [3.8, 4) is 23.8 Å². The molecular weight excluding hydrogens is 558 g/mol. The number of benzene rings is 3. The van der Waals surface area contributed by atoms with Gasteiger partial charge in [-0.2, -0.15) is 0 Å². The van der Waals surface area contributed by atoms with Gasteiger partial charge in [0.25, 0.3) is 11.5 Å². The Kier molecular flexibility index (Phi) is 8.39. The third-order valence-electron chi connectivity index (χ3n) is 6.36. The summed E-state index contributed by atoms with van der Waals surface area (Å²) in [5.41, 5.74) is 2.76. The van der Waals surface area contributed by atoms with Crippen LogP contribution in [-0.2, 0) is 4.79 Å². The van der Waals surface area contributed by atoms with Crippen LogP contribution in [-0.4, -0.2) is 23.7 Å². The molecule has 0 saturated carbocycles. The number of nitrogens with one attached hydrogen (secondary N) is 1. The minimum atomic E-state index is -0.701. The van der Waals surface area contributed by atoms with Crippen LogP contribution in [0.25, 0.3) is 6.08 Å². The van der Waals surface area contributed by atoms with Crippen LogP contribution in [0.4, 0.5) is 5.69 Å². The standard InChI is InChI=1S/C32H26ClN3O4S/c1-4-17-40-25-16-11-21(18-26(25)39-5-2)19-27-31(38)36-29(22-12-14-23(33)15-13-22)28(20(3)34-32(36)41-27)30(37)35-24-9-7-6-8-10-24/h1,6-16,18-19,29H,5,17H2,2-3H3,(H,35,37)/b27-19-/t29-/m1/s1. The van der Waals surface area contributed by atoms with Crippen LogP contribution in [0.3, 0.4) is 0 Å². The third-order valence-corrected chi connectivity index (χ3v) is 7.60. The highest BCUT2D eigenvalue weighted by Gasteiger charge is 2.32. The molecule has 0 aliphatic carbocycles. The second-order valence-electron chi connectivity index (χ2n) is 9.09. The van der Waals surface area contributed by atoms with Gasteiger partial charge in [0.15, 0.2) is 16.3 Å². The largest absolute Gasteiger partial charge is 0.490 e. The third kappa shape index (κ3) is 5.97. The van der Waals surface area contributed by atoms with Crippen molar-refractivity contribution in [3.63, 3.8) is 0 Å². The minimum Gasteiger partial charge on any atom is -0.490 e. The molecule has 41 heavy (non-hydrogen) atoms. The zero-order chi connectivity index (χ0) is 28.9. The lowest BCUT2D eigenvalue weighted by Gasteiger charge is -2.25. The van der Waals surface area contributed by atoms with E-state index in [0.29, 0.717) is 49.4 Å². The number of anilines is 1. The second-order valence-corrected chi connectivity index (χ2v) is 10.5. The fraction of sp³-hybridized carbons (Fsp3) is 0.156. The topological polar surface area (TPSA) is 81.9 Å². The van der Waals surface area contributed by atoms with E-state index in [2.05, 4.69) is 11.2 Å². The second kappa shape index (κ2) is 12.3. The first kappa shape index (κ1) is 28.0. The van der Waals surface area contributed by atoms with Crippen molar-refractivity contribution in [1.82, 2.24) is 4.57 Å². The molecule has 206 valence electrons. The normalized spacial score (nSPS) is 14.6. The fourth-order valence-electron chi connectivity index (χ4n) is 4.56. The van der Waals surface area contributed by atoms with Crippen LogP contribution in [0.5, 0.6) is 11.5 Å². The Morgan fingerprint density at radius 1 is 1.12 bits per heavy atom. The van der Waals surface area contributed by atoms with E-state index >= 15 is 0 Å². The van der Waals surface area contributed by atoms with Crippen LogP contribution in [0.15, 0.2) is 93.9 Å². The Morgan fingerprint density at radius 3 is 2.59 bits per heavy atom. The molecule has 1 atom stereocenters. The molecule has 3 aromatic carbocycles. The highest BCUT2D eigenvalue weighted by molar-refractivity contribution is 7.07. The Morgan fingerprint density at radius 2 is 1.88 bits per heavy atom. The number of hydrogen-bond donors (Lipinski definition) is 1. The number of aromatic nitrogens is 1. The number of nitrogens with zero attached hydrogens (tertiary/aromatic N) is 2. The van der Waals surface area contributed by atoms with Gasteiger partial charge >= 0.3 is 0 Å². The lowest BCUT2D eigenvalue weighted by Crippen LogP contribution is -2.40. The predicted octanol–water partition coefficient (Wildman–Crippen LogP) is 4.94. The number of rotatable bonds is 8. The van der Waals surface area contributed by atoms with Crippen LogP contribution in [0.2, 0.25) is 5.02 Å². The Bertz CT molecular complexity index is 1850. The number of halogens is 1. The zero-order valence-electron chi connectivity index (χ0n) is 22.4. The number of fused-ring (bicyclic) bond motifs is 1. The summed E-state index contributed by atoms with van der Waals surface area (Å²) in [5.74, 6) is 3.16. The molecule has 0 fully saturated rings. The average Bonchev–Trinajstić information content (AvgIpc) is 3.27. The summed E-state index contributed by atoms with van der Waals surface area (Å²) in [4.78, 5) is 32.8. The number of allylic oxidation sites excluding steroid dienone is 1. The summed E-state index contributed by atoms with van der Waals surface area (Å²) in [7, 11) is 0. The van der Waals surface area contributed by atoms with Gasteiger partial charge in [-0.3, -0.25) is 14.2 Å². The molecule has 1 aliphatic rings. The minimum absolute atomic E-state index is 0.113. The van der Waals surface area contributed by atoms with Crippen molar-refractivity contribution in [3.05, 3.63) is 120 Å². The molecule has 1 aromatic heterocycles. The molecule has 5 rings (SSSR count). The lowest BCUT2D eigenvalue weighted by molar-refractivity contribution is -0.113. The molecule has 0 unspecified atom stereocenters. The van der Waals surface area contributed by atoms with E-state index in [0.717, 1.165) is 11.1 Å². The van der Waals surface area contributed by atoms with E-state index in [1.54, 1.807) is 54.0 Å². The Labute approximate surface area is 246 Å². The number of hydrogen-bond acceptors (Lipinski definition) is 6. The van der Waals surface area contributed by atoms with Gasteiger partial charge in [0.1, 0.15) is 6.61 Å². The summed E-state index contributed by atoms with van der Waals surface area (Å²) in [6.45, 7) is 4.21. The van der Waals surface area contributed by atoms with Gasteiger partial charge in [-0.15, -0.1) is 6.42 Å². The highest BCUT2D eigenvalue weighted by Crippen LogP contribution is 2.32. The summed E-state index contributed by atoms with van der Waals surface area (Å²) < 4.78 is 13.4. The molecular formula is C32H26ClN3O4S. The van der Waals surface area contributed by atoms with Crippen LogP contribution in [0, 0.1) is 12.3 Å². The van der Waals surface area contributed by atoms with E-state index in [-0.39, 0.29) is 18.1 Å². The van der Waals surface area contributed by atoms with Crippen LogP contribution >= 0.6 is 22.9 Å². The Balaban J connectivity index is 1.62. The predicted molar refractivity (Wildman–Crippen MR) is 162 cm³/mol. The van der Waals surface area contributed by atoms with Crippen molar-refractivity contribution in [2.45, 2.75) is 19.9 Å². The van der Waals surface area contributed by atoms with Gasteiger partial charge in [0.2, 0.25) is 0 Å². The van der Waals surface area contributed by atoms with Crippen molar-refractivity contribution in [1.29, 1.82) is 0 Å². The molecule has 0 spiro atoms. The summed E-state index contributed by atoms with van der Waals surface area (Å²) in [6.07, 6.45) is 7.11. The number of para-hydroxylation sites is 1. The van der Waals surface area contributed by atoms with Crippen LogP contribution < -0.4 is 29.7 Å². The number of carbonyl (C=O) groups excluding carboxylic acids is 1. The quantitative estimate of drug-likeness (QED) is 0.298. The van der Waals surface area contributed by atoms with Gasteiger partial charge < -0.3 is 14.8 Å². The first-order valence-electron chi connectivity index (χ1n) is 12.9. The fourth-order valence-corrected chi connectivity index (χ4v) is 5.74. The maximum Gasteiger partial charge on any atom is 0.271 e. The molecule has 2 heterocycles. The SMILES string of the molecule is C#CCOc1ccc(/C=c2\sc3n(c2=O)[C@H](c2ccc(Cl)cc2)C(C(=O)Nc2ccccc2)=C(C)N=3)cc1OCC. The number of carbonyl (C=O) groups is 1.